The first-order valence-electron chi connectivity index (χ1n) is 7.59. The van der Waals surface area contributed by atoms with E-state index in [4.69, 9.17) is 0 Å². The van der Waals surface area contributed by atoms with Crippen LogP contribution in [-0.2, 0) is 12.8 Å². The van der Waals surface area contributed by atoms with Gasteiger partial charge in [0.25, 0.3) is 0 Å². The molecule has 1 aromatic rings. The van der Waals surface area contributed by atoms with E-state index in [0.717, 1.165) is 50.2 Å². The topological polar surface area (TPSA) is 68.9 Å². The van der Waals surface area contributed by atoms with Crippen LogP contribution in [0.1, 0.15) is 42.5 Å². The molecule has 1 saturated carbocycles. The van der Waals surface area contributed by atoms with Crippen molar-refractivity contribution < 1.29 is 5.11 Å². The first-order valence-corrected chi connectivity index (χ1v) is 7.59. The molecule has 0 aromatic carbocycles. The first kappa shape index (κ1) is 13.4. The highest BCUT2D eigenvalue weighted by atomic mass is 16.3. The number of aryl methyl sites for hydroxylation is 2. The third kappa shape index (κ3) is 2.51. The predicted molar refractivity (Wildman–Crippen MR) is 77.4 cm³/mol. The molecular weight excluding hydrogens is 250 g/mol. The Balaban J connectivity index is 1.72. The van der Waals surface area contributed by atoms with Crippen LogP contribution in [0, 0.1) is 23.2 Å². The number of anilines is 1. The van der Waals surface area contributed by atoms with Gasteiger partial charge < -0.3 is 10.4 Å². The lowest BCUT2D eigenvalue weighted by Crippen LogP contribution is -2.21. The van der Waals surface area contributed by atoms with Crippen LogP contribution in [0.3, 0.4) is 0 Å². The van der Waals surface area contributed by atoms with Gasteiger partial charge in [0.05, 0.1) is 5.56 Å². The number of fused-ring (bicyclic) bond motifs is 1. The van der Waals surface area contributed by atoms with Gasteiger partial charge in [0, 0.05) is 18.8 Å². The van der Waals surface area contributed by atoms with Crippen LogP contribution in [0.4, 0.5) is 5.82 Å². The summed E-state index contributed by atoms with van der Waals surface area (Å²) in [5, 5.41) is 22.0. The van der Waals surface area contributed by atoms with Crippen LogP contribution in [-0.4, -0.2) is 23.2 Å². The molecule has 106 valence electrons. The van der Waals surface area contributed by atoms with Crippen molar-refractivity contribution in [2.75, 3.05) is 18.5 Å². The Hall–Kier alpha value is -1.60. The molecule has 3 rings (SSSR count). The summed E-state index contributed by atoms with van der Waals surface area (Å²) in [6.07, 6.45) is 6.69. The largest absolute Gasteiger partial charge is 0.396 e. The van der Waals surface area contributed by atoms with Gasteiger partial charge in [0.1, 0.15) is 11.9 Å². The van der Waals surface area contributed by atoms with Crippen LogP contribution in [0.25, 0.3) is 0 Å². The second-order valence-corrected chi connectivity index (χ2v) is 5.97. The van der Waals surface area contributed by atoms with E-state index < -0.39 is 0 Å². The Labute approximate surface area is 119 Å². The van der Waals surface area contributed by atoms with Crippen LogP contribution >= 0.6 is 0 Å². The SMILES string of the molecule is N#Cc1cc2c(nc1NCC1CCCC1CO)CCC2. The highest BCUT2D eigenvalue weighted by molar-refractivity contribution is 5.55. The van der Waals surface area contributed by atoms with Crippen molar-refractivity contribution >= 4 is 5.82 Å². The summed E-state index contributed by atoms with van der Waals surface area (Å²) in [5.74, 6) is 1.64. The van der Waals surface area contributed by atoms with E-state index in [-0.39, 0.29) is 6.61 Å². The molecule has 1 aromatic heterocycles. The highest BCUT2D eigenvalue weighted by Crippen LogP contribution is 2.32. The number of hydrogen-bond donors (Lipinski definition) is 2. The van der Waals surface area contributed by atoms with E-state index in [1.54, 1.807) is 0 Å². The molecule has 20 heavy (non-hydrogen) atoms. The smallest absolute Gasteiger partial charge is 0.144 e. The minimum Gasteiger partial charge on any atom is -0.396 e. The van der Waals surface area contributed by atoms with Crippen molar-refractivity contribution in [3.05, 3.63) is 22.9 Å². The van der Waals surface area contributed by atoms with Gasteiger partial charge in [-0.1, -0.05) is 6.42 Å². The summed E-state index contributed by atoms with van der Waals surface area (Å²) >= 11 is 0. The molecule has 0 amide bonds. The van der Waals surface area contributed by atoms with Crippen LogP contribution < -0.4 is 5.32 Å². The van der Waals surface area contributed by atoms with E-state index in [1.807, 2.05) is 6.07 Å². The zero-order valence-corrected chi connectivity index (χ0v) is 11.7. The number of hydrogen-bond acceptors (Lipinski definition) is 4. The molecular formula is C16H21N3O. The number of aromatic nitrogens is 1. The van der Waals surface area contributed by atoms with Gasteiger partial charge in [0.2, 0.25) is 0 Å². The second-order valence-electron chi connectivity index (χ2n) is 5.97. The molecule has 1 heterocycles. The molecule has 2 atom stereocenters. The third-order valence-corrected chi connectivity index (χ3v) is 4.75. The fraction of sp³-hybridized carbons (Fsp3) is 0.625. The van der Waals surface area contributed by atoms with Gasteiger partial charge in [-0.25, -0.2) is 4.98 Å². The Morgan fingerprint density at radius 2 is 2.15 bits per heavy atom. The van der Waals surface area contributed by atoms with Crippen LogP contribution in [0.15, 0.2) is 6.07 Å². The Bertz CT molecular complexity index is 535. The predicted octanol–water partition coefficient (Wildman–Crippen LogP) is 2.26. The maximum atomic E-state index is 9.37. The molecule has 2 unspecified atom stereocenters. The summed E-state index contributed by atoms with van der Waals surface area (Å²) in [5.41, 5.74) is 3.04. The maximum absolute atomic E-state index is 9.37. The molecule has 0 radical (unpaired) electrons. The van der Waals surface area contributed by atoms with Crippen LogP contribution in [0.2, 0.25) is 0 Å². The standard InChI is InChI=1S/C16H21N3O/c17-8-14-7-11-3-2-6-15(11)19-16(14)18-9-12-4-1-5-13(12)10-20/h7,12-13,20H,1-6,9-10H2,(H,18,19). The van der Waals surface area contributed by atoms with Crippen molar-refractivity contribution in [2.45, 2.75) is 38.5 Å². The van der Waals surface area contributed by atoms with Gasteiger partial charge in [-0.05, 0) is 55.6 Å². The third-order valence-electron chi connectivity index (χ3n) is 4.75. The zero-order valence-electron chi connectivity index (χ0n) is 11.7. The van der Waals surface area contributed by atoms with E-state index >= 15 is 0 Å². The number of aliphatic hydroxyl groups excluding tert-OH is 1. The van der Waals surface area contributed by atoms with Crippen LogP contribution in [0.5, 0.6) is 0 Å². The van der Waals surface area contributed by atoms with Gasteiger partial charge in [-0.2, -0.15) is 5.26 Å². The minimum absolute atomic E-state index is 0.273. The molecule has 1 fully saturated rings. The maximum Gasteiger partial charge on any atom is 0.144 e. The van der Waals surface area contributed by atoms with Crippen molar-refractivity contribution in [3.8, 4) is 6.07 Å². The van der Waals surface area contributed by atoms with Gasteiger partial charge in [0.15, 0.2) is 0 Å². The lowest BCUT2D eigenvalue weighted by atomic mass is 9.97. The molecule has 4 nitrogen and oxygen atoms in total. The quantitative estimate of drug-likeness (QED) is 0.881. The highest BCUT2D eigenvalue weighted by Gasteiger charge is 2.26. The number of nitrogens with zero attached hydrogens (tertiary/aromatic N) is 2. The summed E-state index contributed by atoms with van der Waals surface area (Å²) < 4.78 is 0. The molecule has 2 aliphatic carbocycles. The van der Waals surface area contributed by atoms with E-state index in [1.165, 1.54) is 12.0 Å². The van der Waals surface area contributed by atoms with E-state index in [0.29, 0.717) is 17.4 Å². The van der Waals surface area contributed by atoms with Crippen molar-refractivity contribution in [1.82, 2.24) is 4.98 Å². The minimum atomic E-state index is 0.273. The molecule has 2 aliphatic rings. The summed E-state index contributed by atoms with van der Waals surface area (Å²) in [7, 11) is 0. The van der Waals surface area contributed by atoms with Crippen molar-refractivity contribution in [3.63, 3.8) is 0 Å². The fourth-order valence-corrected chi connectivity index (χ4v) is 3.54. The molecule has 0 saturated heterocycles. The average molecular weight is 271 g/mol. The van der Waals surface area contributed by atoms with Crippen molar-refractivity contribution in [2.24, 2.45) is 11.8 Å². The Morgan fingerprint density at radius 3 is 2.95 bits per heavy atom. The van der Waals surface area contributed by atoms with E-state index in [9.17, 15) is 10.4 Å². The summed E-state index contributed by atoms with van der Waals surface area (Å²) in [6.45, 7) is 1.08. The number of rotatable bonds is 4. The summed E-state index contributed by atoms with van der Waals surface area (Å²) in [6, 6.07) is 4.25. The van der Waals surface area contributed by atoms with Gasteiger partial charge in [-0.15, -0.1) is 0 Å². The lowest BCUT2D eigenvalue weighted by Gasteiger charge is -2.19. The number of pyridine rings is 1. The van der Waals surface area contributed by atoms with Crippen molar-refractivity contribution in [1.29, 1.82) is 5.26 Å². The molecule has 0 bridgehead atoms. The first-order chi connectivity index (χ1) is 9.81. The zero-order chi connectivity index (χ0) is 13.9. The monoisotopic (exact) mass is 271 g/mol. The second kappa shape index (κ2) is 5.80. The molecule has 0 aliphatic heterocycles. The van der Waals surface area contributed by atoms with Gasteiger partial charge >= 0.3 is 0 Å². The normalized spacial score (nSPS) is 24.4. The number of nitrogens with one attached hydrogen (secondary N) is 1. The Morgan fingerprint density at radius 1 is 1.30 bits per heavy atom. The molecule has 0 spiro atoms. The van der Waals surface area contributed by atoms with E-state index in [2.05, 4.69) is 16.4 Å². The van der Waals surface area contributed by atoms with Gasteiger partial charge in [-0.3, -0.25) is 0 Å². The fourth-order valence-electron chi connectivity index (χ4n) is 3.54. The number of nitriles is 1. The molecule has 4 heteroatoms. The Kier molecular flexibility index (Phi) is 3.88. The average Bonchev–Trinajstić information content (AvgIpc) is 3.11. The summed E-state index contributed by atoms with van der Waals surface area (Å²) in [4.78, 5) is 4.64. The molecule has 2 N–H and O–H groups in total. The lowest BCUT2D eigenvalue weighted by molar-refractivity contribution is 0.199. The number of aliphatic hydroxyl groups is 1.